The lowest BCUT2D eigenvalue weighted by molar-refractivity contribution is -0.129. The Balaban J connectivity index is 1.52. The van der Waals surface area contributed by atoms with Crippen LogP contribution in [0.5, 0.6) is 0 Å². The molecule has 0 radical (unpaired) electrons. The molecule has 10 heteroatoms. The molecule has 0 spiro atoms. The molecule has 164 valence electrons. The van der Waals surface area contributed by atoms with Crippen molar-refractivity contribution in [3.05, 3.63) is 66.5 Å². The molecule has 0 aliphatic carbocycles. The standard InChI is InChI=1S/C23H18FN7OS/c1-29-7-8-30(14-21(29)32)20-5-4-15(11-27-20)16-9-19(33-23-18(24)3-2-6-26-23)22-17(10-25)12-28-31(22)13-16/h2-6,9,11-13H,7-8,14H2,1H3. The third-order valence-electron chi connectivity index (χ3n) is 5.49. The smallest absolute Gasteiger partial charge is 0.241 e. The Morgan fingerprint density at radius 1 is 1.15 bits per heavy atom. The van der Waals surface area contributed by atoms with E-state index in [-0.39, 0.29) is 10.9 Å². The first-order valence-corrected chi connectivity index (χ1v) is 11.0. The predicted molar refractivity (Wildman–Crippen MR) is 121 cm³/mol. The number of piperazine rings is 1. The number of amides is 1. The number of hydrogen-bond acceptors (Lipinski definition) is 7. The summed E-state index contributed by atoms with van der Waals surface area (Å²) in [6.45, 7) is 1.68. The number of nitrogens with zero attached hydrogens (tertiary/aromatic N) is 7. The minimum Gasteiger partial charge on any atom is -0.346 e. The van der Waals surface area contributed by atoms with Gasteiger partial charge in [0, 0.05) is 54.8 Å². The van der Waals surface area contributed by atoms with Gasteiger partial charge >= 0.3 is 0 Å². The summed E-state index contributed by atoms with van der Waals surface area (Å²) in [5.74, 6) is 0.363. The molecule has 4 aromatic rings. The number of anilines is 1. The van der Waals surface area contributed by atoms with E-state index in [4.69, 9.17) is 0 Å². The zero-order valence-corrected chi connectivity index (χ0v) is 18.5. The van der Waals surface area contributed by atoms with Crippen molar-refractivity contribution in [3.8, 4) is 17.2 Å². The number of likely N-dealkylation sites (N-methyl/N-ethyl adjacent to an activating group) is 1. The van der Waals surface area contributed by atoms with Crippen molar-refractivity contribution >= 4 is 29.0 Å². The topological polar surface area (TPSA) is 90.4 Å². The lowest BCUT2D eigenvalue weighted by Gasteiger charge is -2.32. The fourth-order valence-electron chi connectivity index (χ4n) is 3.65. The van der Waals surface area contributed by atoms with E-state index in [2.05, 4.69) is 21.1 Å². The largest absolute Gasteiger partial charge is 0.346 e. The molecule has 0 bridgehead atoms. The van der Waals surface area contributed by atoms with E-state index < -0.39 is 5.82 Å². The van der Waals surface area contributed by atoms with E-state index in [1.165, 1.54) is 24.5 Å². The number of fused-ring (bicyclic) bond motifs is 1. The first-order valence-electron chi connectivity index (χ1n) is 10.2. The van der Waals surface area contributed by atoms with E-state index in [0.717, 1.165) is 35.3 Å². The highest BCUT2D eigenvalue weighted by atomic mass is 32.2. The molecule has 33 heavy (non-hydrogen) atoms. The Kier molecular flexibility index (Phi) is 5.40. The molecule has 1 fully saturated rings. The van der Waals surface area contributed by atoms with Gasteiger partial charge in [-0.15, -0.1) is 0 Å². The van der Waals surface area contributed by atoms with Gasteiger partial charge < -0.3 is 9.80 Å². The third-order valence-corrected chi connectivity index (χ3v) is 6.52. The van der Waals surface area contributed by atoms with Crippen molar-refractivity contribution in [2.24, 2.45) is 0 Å². The summed E-state index contributed by atoms with van der Waals surface area (Å²) in [6.07, 6.45) is 6.57. The highest BCUT2D eigenvalue weighted by Gasteiger charge is 2.22. The van der Waals surface area contributed by atoms with Crippen LogP contribution in [-0.2, 0) is 4.79 Å². The van der Waals surface area contributed by atoms with Gasteiger partial charge in [-0.2, -0.15) is 10.4 Å². The van der Waals surface area contributed by atoms with Gasteiger partial charge in [-0.05, 0) is 30.3 Å². The monoisotopic (exact) mass is 459 g/mol. The first-order chi connectivity index (χ1) is 16.0. The molecule has 1 aliphatic heterocycles. The Morgan fingerprint density at radius 3 is 2.76 bits per heavy atom. The zero-order chi connectivity index (χ0) is 22.9. The van der Waals surface area contributed by atoms with Crippen LogP contribution in [0.3, 0.4) is 0 Å². The van der Waals surface area contributed by atoms with E-state index in [1.54, 1.807) is 22.7 Å². The van der Waals surface area contributed by atoms with Gasteiger partial charge in [0.2, 0.25) is 5.91 Å². The Labute approximate surface area is 193 Å². The molecule has 1 saturated heterocycles. The molecular formula is C23H18FN7OS. The summed E-state index contributed by atoms with van der Waals surface area (Å²) in [7, 11) is 1.80. The molecular weight excluding hydrogens is 441 g/mol. The maximum absolute atomic E-state index is 14.3. The molecule has 1 amide bonds. The van der Waals surface area contributed by atoms with Crippen LogP contribution >= 0.6 is 11.8 Å². The van der Waals surface area contributed by atoms with Crippen molar-refractivity contribution in [2.75, 3.05) is 31.6 Å². The zero-order valence-electron chi connectivity index (χ0n) is 17.6. The van der Waals surface area contributed by atoms with Crippen LogP contribution in [0.25, 0.3) is 16.6 Å². The van der Waals surface area contributed by atoms with E-state index in [9.17, 15) is 14.4 Å². The second-order valence-electron chi connectivity index (χ2n) is 7.59. The van der Waals surface area contributed by atoms with Crippen molar-refractivity contribution in [1.29, 1.82) is 5.26 Å². The maximum atomic E-state index is 14.3. The summed E-state index contributed by atoms with van der Waals surface area (Å²) in [5, 5.41) is 14.0. The number of pyridine rings is 3. The molecule has 0 N–H and O–H groups in total. The van der Waals surface area contributed by atoms with Crippen LogP contribution in [0.15, 0.2) is 65.0 Å². The second kappa shape index (κ2) is 8.52. The summed E-state index contributed by atoms with van der Waals surface area (Å²) < 4.78 is 15.9. The first kappa shape index (κ1) is 20.9. The summed E-state index contributed by atoms with van der Waals surface area (Å²) in [5.41, 5.74) is 2.63. The minimum atomic E-state index is -0.434. The Bertz CT molecular complexity index is 1400. The number of hydrogen-bond donors (Lipinski definition) is 0. The van der Waals surface area contributed by atoms with Gasteiger partial charge in [0.05, 0.1) is 23.8 Å². The van der Waals surface area contributed by atoms with Crippen molar-refractivity contribution < 1.29 is 9.18 Å². The molecule has 0 unspecified atom stereocenters. The molecule has 4 aromatic heterocycles. The second-order valence-corrected chi connectivity index (χ2v) is 8.62. The van der Waals surface area contributed by atoms with Crippen molar-refractivity contribution in [2.45, 2.75) is 9.92 Å². The maximum Gasteiger partial charge on any atom is 0.241 e. The fourth-order valence-corrected chi connectivity index (χ4v) is 4.62. The van der Waals surface area contributed by atoms with Gasteiger partial charge in [-0.25, -0.2) is 18.9 Å². The lowest BCUT2D eigenvalue weighted by atomic mass is 10.1. The fraction of sp³-hybridized carbons (Fsp3) is 0.174. The molecule has 5 rings (SSSR count). The number of halogens is 1. The van der Waals surface area contributed by atoms with Gasteiger partial charge in [0.25, 0.3) is 0 Å². The number of carbonyl (C=O) groups is 1. The van der Waals surface area contributed by atoms with Crippen molar-refractivity contribution in [3.63, 3.8) is 0 Å². The highest BCUT2D eigenvalue weighted by molar-refractivity contribution is 7.99. The average Bonchev–Trinajstić information content (AvgIpc) is 3.26. The van der Waals surface area contributed by atoms with Crippen LogP contribution in [-0.4, -0.2) is 57.1 Å². The van der Waals surface area contributed by atoms with Crippen LogP contribution in [0.4, 0.5) is 10.2 Å². The summed E-state index contributed by atoms with van der Waals surface area (Å²) >= 11 is 1.14. The quantitative estimate of drug-likeness (QED) is 0.463. The molecule has 1 aliphatic rings. The van der Waals surface area contributed by atoms with Gasteiger partial charge in [0.15, 0.2) is 5.82 Å². The summed E-state index contributed by atoms with van der Waals surface area (Å²) in [4.78, 5) is 25.0. The van der Waals surface area contributed by atoms with Gasteiger partial charge in [0.1, 0.15) is 16.9 Å². The molecule has 5 heterocycles. The van der Waals surface area contributed by atoms with E-state index in [1.807, 2.05) is 29.3 Å². The molecule has 0 atom stereocenters. The third kappa shape index (κ3) is 3.99. The van der Waals surface area contributed by atoms with Gasteiger partial charge in [-0.1, -0.05) is 11.8 Å². The Morgan fingerprint density at radius 2 is 2.03 bits per heavy atom. The van der Waals surface area contributed by atoms with E-state index in [0.29, 0.717) is 29.1 Å². The minimum absolute atomic E-state index is 0.0629. The van der Waals surface area contributed by atoms with Crippen molar-refractivity contribution in [1.82, 2.24) is 24.5 Å². The van der Waals surface area contributed by atoms with Gasteiger partial charge in [-0.3, -0.25) is 4.79 Å². The predicted octanol–water partition coefficient (Wildman–Crippen LogP) is 3.23. The van der Waals surface area contributed by atoms with Crippen LogP contribution in [0, 0.1) is 17.1 Å². The van der Waals surface area contributed by atoms with Crippen LogP contribution in [0.1, 0.15) is 5.56 Å². The molecule has 0 saturated carbocycles. The highest BCUT2D eigenvalue weighted by Crippen LogP contribution is 2.36. The SMILES string of the molecule is CN1CCN(c2ccc(-c3cc(Sc4ncccc4F)c4c(C#N)cnn4c3)cn2)CC1=O. The van der Waals surface area contributed by atoms with E-state index >= 15 is 0 Å². The average molecular weight is 460 g/mol. The van der Waals surface area contributed by atoms with Crippen LogP contribution in [0.2, 0.25) is 0 Å². The Hall–Kier alpha value is -3.97. The normalized spacial score (nSPS) is 14.0. The lowest BCUT2D eigenvalue weighted by Crippen LogP contribution is -2.48. The number of rotatable bonds is 4. The number of aromatic nitrogens is 4. The summed E-state index contributed by atoms with van der Waals surface area (Å²) in [6, 6.07) is 10.7. The molecule has 8 nitrogen and oxygen atoms in total. The number of carbonyl (C=O) groups excluding carboxylic acids is 1. The van der Waals surface area contributed by atoms with Crippen LogP contribution < -0.4 is 4.90 Å². The number of nitriles is 1. The molecule has 0 aromatic carbocycles.